The zero-order chi connectivity index (χ0) is 12.3. The van der Waals surface area contributed by atoms with Crippen LogP contribution in [0.15, 0.2) is 12.1 Å². The minimum atomic E-state index is 0.0176. The normalized spacial score (nSPS) is 10.6. The SMILES string of the molecule is CCNC(=O)c1cc(C)c(C(C)C)c(C)c1. The molecule has 0 heterocycles. The van der Waals surface area contributed by atoms with Gasteiger partial charge in [0.25, 0.3) is 5.91 Å². The predicted molar refractivity (Wildman–Crippen MR) is 68.0 cm³/mol. The van der Waals surface area contributed by atoms with Crippen molar-refractivity contribution >= 4 is 5.91 Å². The van der Waals surface area contributed by atoms with E-state index >= 15 is 0 Å². The zero-order valence-electron chi connectivity index (χ0n) is 10.8. The first-order valence-corrected chi connectivity index (χ1v) is 5.86. The zero-order valence-corrected chi connectivity index (χ0v) is 10.8. The van der Waals surface area contributed by atoms with Crippen molar-refractivity contribution in [1.29, 1.82) is 0 Å². The molecule has 0 spiro atoms. The summed E-state index contributed by atoms with van der Waals surface area (Å²) in [6, 6.07) is 3.96. The van der Waals surface area contributed by atoms with Gasteiger partial charge >= 0.3 is 0 Å². The standard InChI is InChI=1S/C14H21NO/c1-6-15-14(16)12-7-10(4)13(9(2)3)11(5)8-12/h7-9H,6H2,1-5H3,(H,15,16). The molecule has 0 radical (unpaired) electrons. The van der Waals surface area contributed by atoms with Crippen LogP contribution >= 0.6 is 0 Å². The van der Waals surface area contributed by atoms with E-state index in [4.69, 9.17) is 0 Å². The van der Waals surface area contributed by atoms with Gasteiger partial charge in [0, 0.05) is 12.1 Å². The van der Waals surface area contributed by atoms with Gasteiger partial charge in [-0.1, -0.05) is 13.8 Å². The molecule has 1 amide bonds. The van der Waals surface area contributed by atoms with Gasteiger partial charge in [-0.2, -0.15) is 0 Å². The number of aryl methyl sites for hydroxylation is 2. The molecule has 0 bridgehead atoms. The highest BCUT2D eigenvalue weighted by Gasteiger charge is 2.11. The van der Waals surface area contributed by atoms with Crippen molar-refractivity contribution in [2.45, 2.75) is 40.5 Å². The second-order valence-corrected chi connectivity index (χ2v) is 4.54. The molecule has 1 N–H and O–H groups in total. The third kappa shape index (κ3) is 2.63. The van der Waals surface area contributed by atoms with Crippen molar-refractivity contribution in [2.75, 3.05) is 6.54 Å². The molecular weight excluding hydrogens is 198 g/mol. The minimum absolute atomic E-state index is 0.0176. The van der Waals surface area contributed by atoms with Crippen molar-refractivity contribution < 1.29 is 4.79 Å². The Labute approximate surface area is 98.1 Å². The number of rotatable bonds is 3. The van der Waals surface area contributed by atoms with E-state index < -0.39 is 0 Å². The highest BCUT2D eigenvalue weighted by molar-refractivity contribution is 5.94. The van der Waals surface area contributed by atoms with Crippen molar-refractivity contribution in [1.82, 2.24) is 5.32 Å². The Bertz CT molecular complexity index is 371. The molecule has 1 rings (SSSR count). The Balaban J connectivity index is 3.14. The molecule has 0 aliphatic carbocycles. The van der Waals surface area contributed by atoms with Gasteiger partial charge in [0.15, 0.2) is 0 Å². The molecule has 0 fully saturated rings. The van der Waals surface area contributed by atoms with E-state index in [-0.39, 0.29) is 5.91 Å². The number of nitrogens with one attached hydrogen (secondary N) is 1. The molecule has 0 saturated heterocycles. The highest BCUT2D eigenvalue weighted by Crippen LogP contribution is 2.24. The van der Waals surface area contributed by atoms with Gasteiger partial charge in [-0.15, -0.1) is 0 Å². The molecule has 88 valence electrons. The molecule has 0 saturated carbocycles. The average molecular weight is 219 g/mol. The Hall–Kier alpha value is -1.31. The van der Waals surface area contributed by atoms with Gasteiger partial charge in [-0.3, -0.25) is 4.79 Å². The third-order valence-corrected chi connectivity index (χ3v) is 2.77. The highest BCUT2D eigenvalue weighted by atomic mass is 16.1. The van der Waals surface area contributed by atoms with Crippen molar-refractivity contribution in [2.24, 2.45) is 0 Å². The first-order valence-electron chi connectivity index (χ1n) is 5.86. The first kappa shape index (κ1) is 12.8. The largest absolute Gasteiger partial charge is 0.352 e. The van der Waals surface area contributed by atoms with Gasteiger partial charge in [0.2, 0.25) is 0 Å². The Morgan fingerprint density at radius 2 is 1.75 bits per heavy atom. The molecule has 16 heavy (non-hydrogen) atoms. The Kier molecular flexibility index (Phi) is 4.11. The summed E-state index contributed by atoms with van der Waals surface area (Å²) in [4.78, 5) is 11.7. The minimum Gasteiger partial charge on any atom is -0.352 e. The topological polar surface area (TPSA) is 29.1 Å². The van der Waals surface area contributed by atoms with E-state index in [1.165, 1.54) is 16.7 Å². The molecule has 2 heteroatoms. The summed E-state index contributed by atoms with van der Waals surface area (Å²) < 4.78 is 0. The second kappa shape index (κ2) is 5.15. The van der Waals surface area contributed by atoms with Crippen LogP contribution in [-0.2, 0) is 0 Å². The molecule has 1 aromatic rings. The number of amides is 1. The maximum atomic E-state index is 11.7. The third-order valence-electron chi connectivity index (χ3n) is 2.77. The van der Waals surface area contributed by atoms with Crippen LogP contribution in [0.5, 0.6) is 0 Å². The fourth-order valence-corrected chi connectivity index (χ4v) is 2.28. The van der Waals surface area contributed by atoms with Gasteiger partial charge in [0.1, 0.15) is 0 Å². The molecule has 0 aromatic heterocycles. The van der Waals surface area contributed by atoms with Gasteiger partial charge in [-0.05, 0) is 55.5 Å². The quantitative estimate of drug-likeness (QED) is 0.831. The summed E-state index contributed by atoms with van der Waals surface area (Å²) in [5, 5.41) is 2.83. The Morgan fingerprint density at radius 1 is 1.25 bits per heavy atom. The lowest BCUT2D eigenvalue weighted by atomic mass is 9.91. The lowest BCUT2D eigenvalue weighted by Crippen LogP contribution is -2.23. The van der Waals surface area contributed by atoms with Crippen LogP contribution in [0.2, 0.25) is 0 Å². The maximum absolute atomic E-state index is 11.7. The van der Waals surface area contributed by atoms with Crippen LogP contribution in [0.25, 0.3) is 0 Å². The summed E-state index contributed by atoms with van der Waals surface area (Å²) in [6.45, 7) is 11.1. The molecule has 2 nitrogen and oxygen atoms in total. The van der Waals surface area contributed by atoms with Crippen LogP contribution in [0.1, 0.15) is 53.7 Å². The first-order chi connectivity index (χ1) is 7.47. The smallest absolute Gasteiger partial charge is 0.251 e. The molecule has 0 aliphatic heterocycles. The van der Waals surface area contributed by atoms with Crippen molar-refractivity contribution in [3.05, 3.63) is 34.4 Å². The van der Waals surface area contributed by atoms with E-state index in [2.05, 4.69) is 33.0 Å². The summed E-state index contributed by atoms with van der Waals surface area (Å²) >= 11 is 0. The molecule has 0 unspecified atom stereocenters. The molecule has 0 aliphatic rings. The van der Waals surface area contributed by atoms with Crippen LogP contribution < -0.4 is 5.32 Å². The predicted octanol–water partition coefficient (Wildman–Crippen LogP) is 3.18. The maximum Gasteiger partial charge on any atom is 0.251 e. The number of carbonyl (C=O) groups is 1. The number of hydrogen-bond donors (Lipinski definition) is 1. The lowest BCUT2D eigenvalue weighted by molar-refractivity contribution is 0.0955. The average Bonchev–Trinajstić information content (AvgIpc) is 2.16. The van der Waals surface area contributed by atoms with Crippen LogP contribution in [0.4, 0.5) is 0 Å². The number of benzene rings is 1. The van der Waals surface area contributed by atoms with E-state index in [0.29, 0.717) is 12.5 Å². The van der Waals surface area contributed by atoms with Crippen molar-refractivity contribution in [3.63, 3.8) is 0 Å². The fraction of sp³-hybridized carbons (Fsp3) is 0.500. The van der Waals surface area contributed by atoms with Crippen LogP contribution in [0, 0.1) is 13.8 Å². The monoisotopic (exact) mass is 219 g/mol. The Morgan fingerprint density at radius 3 is 2.12 bits per heavy atom. The van der Waals surface area contributed by atoms with E-state index in [1.54, 1.807) is 0 Å². The van der Waals surface area contributed by atoms with Crippen LogP contribution in [0.3, 0.4) is 0 Å². The second-order valence-electron chi connectivity index (χ2n) is 4.54. The van der Waals surface area contributed by atoms with Gasteiger partial charge < -0.3 is 5.32 Å². The number of carbonyl (C=O) groups excluding carboxylic acids is 1. The number of hydrogen-bond acceptors (Lipinski definition) is 1. The summed E-state index contributed by atoms with van der Waals surface area (Å²) in [6.07, 6.45) is 0. The molecular formula is C14H21NO. The summed E-state index contributed by atoms with van der Waals surface area (Å²) in [7, 11) is 0. The summed E-state index contributed by atoms with van der Waals surface area (Å²) in [5.41, 5.74) is 4.53. The van der Waals surface area contributed by atoms with Crippen LogP contribution in [-0.4, -0.2) is 12.5 Å². The molecule has 1 aromatic carbocycles. The summed E-state index contributed by atoms with van der Waals surface area (Å²) in [5.74, 6) is 0.521. The van der Waals surface area contributed by atoms with E-state index in [1.807, 2.05) is 19.1 Å². The lowest BCUT2D eigenvalue weighted by Gasteiger charge is -2.15. The van der Waals surface area contributed by atoms with E-state index in [9.17, 15) is 4.79 Å². The van der Waals surface area contributed by atoms with Gasteiger partial charge in [-0.25, -0.2) is 0 Å². The fourth-order valence-electron chi connectivity index (χ4n) is 2.28. The van der Waals surface area contributed by atoms with Gasteiger partial charge in [0.05, 0.1) is 0 Å². The van der Waals surface area contributed by atoms with E-state index in [0.717, 1.165) is 5.56 Å². The van der Waals surface area contributed by atoms with Crippen molar-refractivity contribution in [3.8, 4) is 0 Å². The molecule has 0 atom stereocenters.